The SMILES string of the molecule is CC(C)Oc1csc2ccc([N+](=O)[O-])cc12. The third kappa shape index (κ3) is 1.99. The fourth-order valence-corrected chi connectivity index (χ4v) is 2.30. The Kier molecular flexibility index (Phi) is 2.78. The molecule has 4 nitrogen and oxygen atoms in total. The van der Waals surface area contributed by atoms with Crippen LogP contribution in [-0.4, -0.2) is 11.0 Å². The van der Waals surface area contributed by atoms with E-state index >= 15 is 0 Å². The molecule has 0 aliphatic carbocycles. The summed E-state index contributed by atoms with van der Waals surface area (Å²) >= 11 is 1.53. The van der Waals surface area contributed by atoms with Crippen molar-refractivity contribution in [2.75, 3.05) is 0 Å². The third-order valence-electron chi connectivity index (χ3n) is 2.10. The van der Waals surface area contributed by atoms with Crippen LogP contribution in [-0.2, 0) is 0 Å². The van der Waals surface area contributed by atoms with Gasteiger partial charge in [-0.2, -0.15) is 0 Å². The van der Waals surface area contributed by atoms with E-state index in [1.54, 1.807) is 12.1 Å². The van der Waals surface area contributed by atoms with E-state index in [-0.39, 0.29) is 11.8 Å². The van der Waals surface area contributed by atoms with E-state index in [0.717, 1.165) is 15.8 Å². The molecule has 0 radical (unpaired) electrons. The van der Waals surface area contributed by atoms with E-state index in [1.807, 2.05) is 19.2 Å². The van der Waals surface area contributed by atoms with E-state index in [9.17, 15) is 10.1 Å². The van der Waals surface area contributed by atoms with Crippen LogP contribution in [0.15, 0.2) is 23.6 Å². The van der Waals surface area contributed by atoms with Crippen molar-refractivity contribution < 1.29 is 9.66 Å². The molecule has 2 aromatic rings. The number of non-ortho nitro benzene ring substituents is 1. The molecule has 1 aromatic heterocycles. The zero-order valence-electron chi connectivity index (χ0n) is 8.97. The molecule has 0 bridgehead atoms. The normalized spacial score (nSPS) is 10.9. The van der Waals surface area contributed by atoms with Crippen LogP contribution in [0, 0.1) is 10.1 Å². The Bertz CT molecular complexity index is 533. The Labute approximate surface area is 96.6 Å². The number of nitrogens with zero attached hydrogens (tertiary/aromatic N) is 1. The highest BCUT2D eigenvalue weighted by atomic mass is 32.1. The molecule has 0 saturated heterocycles. The first kappa shape index (κ1) is 10.9. The Morgan fingerprint density at radius 3 is 2.81 bits per heavy atom. The van der Waals surface area contributed by atoms with Crippen LogP contribution in [0.5, 0.6) is 5.75 Å². The van der Waals surface area contributed by atoms with E-state index in [1.165, 1.54) is 17.4 Å². The average molecular weight is 237 g/mol. The lowest BCUT2D eigenvalue weighted by Gasteiger charge is -2.07. The predicted octanol–water partition coefficient (Wildman–Crippen LogP) is 3.60. The van der Waals surface area contributed by atoms with Crippen LogP contribution in [0.2, 0.25) is 0 Å². The number of fused-ring (bicyclic) bond motifs is 1. The molecule has 0 unspecified atom stereocenters. The van der Waals surface area contributed by atoms with E-state index < -0.39 is 4.92 Å². The van der Waals surface area contributed by atoms with Crippen molar-refractivity contribution in [2.45, 2.75) is 20.0 Å². The number of benzene rings is 1. The summed E-state index contributed by atoms with van der Waals surface area (Å²) in [7, 11) is 0. The van der Waals surface area contributed by atoms with Crippen molar-refractivity contribution in [3.63, 3.8) is 0 Å². The van der Waals surface area contributed by atoms with Gasteiger partial charge in [0.15, 0.2) is 0 Å². The van der Waals surface area contributed by atoms with Crippen LogP contribution >= 0.6 is 11.3 Å². The minimum absolute atomic E-state index is 0.0667. The number of thiophene rings is 1. The summed E-state index contributed by atoms with van der Waals surface area (Å²) in [4.78, 5) is 10.3. The lowest BCUT2D eigenvalue weighted by Crippen LogP contribution is -2.04. The highest BCUT2D eigenvalue weighted by Gasteiger charge is 2.12. The maximum Gasteiger partial charge on any atom is 0.270 e. The molecule has 0 N–H and O–H groups in total. The second-order valence-electron chi connectivity index (χ2n) is 3.70. The summed E-state index contributed by atoms with van der Waals surface area (Å²) in [6.45, 7) is 3.86. The van der Waals surface area contributed by atoms with Crippen LogP contribution in [0.4, 0.5) is 5.69 Å². The van der Waals surface area contributed by atoms with Gasteiger partial charge in [-0.25, -0.2) is 0 Å². The molecular weight excluding hydrogens is 226 g/mol. The smallest absolute Gasteiger partial charge is 0.270 e. The maximum atomic E-state index is 10.7. The minimum atomic E-state index is -0.393. The first-order valence-corrected chi connectivity index (χ1v) is 5.78. The monoisotopic (exact) mass is 237 g/mol. The van der Waals surface area contributed by atoms with Crippen molar-refractivity contribution in [1.29, 1.82) is 0 Å². The summed E-state index contributed by atoms with van der Waals surface area (Å²) < 4.78 is 6.59. The van der Waals surface area contributed by atoms with Gasteiger partial charge in [0.2, 0.25) is 0 Å². The van der Waals surface area contributed by atoms with Crippen molar-refractivity contribution in [3.05, 3.63) is 33.7 Å². The maximum absolute atomic E-state index is 10.7. The quantitative estimate of drug-likeness (QED) is 0.605. The standard InChI is InChI=1S/C11H11NO3S/c1-7(2)15-10-6-16-11-4-3-8(12(13)14)5-9(10)11/h3-7H,1-2H3. The van der Waals surface area contributed by atoms with E-state index in [0.29, 0.717) is 0 Å². The van der Waals surface area contributed by atoms with Gasteiger partial charge in [0.1, 0.15) is 5.75 Å². The first-order valence-electron chi connectivity index (χ1n) is 4.90. The number of rotatable bonds is 3. The molecule has 1 heterocycles. The molecule has 0 amide bonds. The predicted molar refractivity (Wildman–Crippen MR) is 64.2 cm³/mol. The number of nitro benzene ring substituents is 1. The highest BCUT2D eigenvalue weighted by molar-refractivity contribution is 7.17. The van der Waals surface area contributed by atoms with Crippen molar-refractivity contribution in [3.8, 4) is 5.75 Å². The zero-order valence-corrected chi connectivity index (χ0v) is 9.78. The molecule has 2 rings (SSSR count). The van der Waals surface area contributed by atoms with Crippen molar-refractivity contribution >= 4 is 27.1 Å². The van der Waals surface area contributed by atoms with Crippen LogP contribution in [0.3, 0.4) is 0 Å². The fourth-order valence-electron chi connectivity index (χ4n) is 1.45. The third-order valence-corrected chi connectivity index (χ3v) is 3.04. The van der Waals surface area contributed by atoms with E-state index in [4.69, 9.17) is 4.74 Å². The molecule has 0 saturated carbocycles. The second kappa shape index (κ2) is 4.09. The van der Waals surface area contributed by atoms with Gasteiger partial charge in [-0.3, -0.25) is 10.1 Å². The molecule has 0 spiro atoms. The number of nitro groups is 1. The molecule has 84 valence electrons. The van der Waals surface area contributed by atoms with Gasteiger partial charge in [-0.05, 0) is 19.9 Å². The summed E-state index contributed by atoms with van der Waals surface area (Å²) in [5.41, 5.74) is 0.0968. The topological polar surface area (TPSA) is 52.4 Å². The van der Waals surface area contributed by atoms with Crippen molar-refractivity contribution in [1.82, 2.24) is 0 Å². The van der Waals surface area contributed by atoms with Gasteiger partial charge < -0.3 is 4.74 Å². The summed E-state index contributed by atoms with van der Waals surface area (Å²) in [6, 6.07) is 4.83. The summed E-state index contributed by atoms with van der Waals surface area (Å²) in [5.74, 6) is 0.721. The molecule has 5 heteroatoms. The Hall–Kier alpha value is -1.62. The van der Waals surface area contributed by atoms with Gasteiger partial charge >= 0.3 is 0 Å². The molecule has 0 aliphatic rings. The largest absolute Gasteiger partial charge is 0.489 e. The van der Waals surface area contributed by atoms with Gasteiger partial charge in [0, 0.05) is 27.6 Å². The fraction of sp³-hybridized carbons (Fsp3) is 0.273. The number of hydrogen-bond acceptors (Lipinski definition) is 4. The molecule has 16 heavy (non-hydrogen) atoms. The molecular formula is C11H11NO3S. The molecule has 1 aromatic carbocycles. The lowest BCUT2D eigenvalue weighted by atomic mass is 10.2. The van der Waals surface area contributed by atoms with E-state index in [2.05, 4.69) is 0 Å². The number of ether oxygens (including phenoxy) is 1. The molecule has 0 aliphatic heterocycles. The van der Waals surface area contributed by atoms with Gasteiger partial charge in [-0.15, -0.1) is 11.3 Å². The first-order chi connectivity index (χ1) is 7.58. The van der Waals surface area contributed by atoms with Gasteiger partial charge in [0.25, 0.3) is 5.69 Å². The number of hydrogen-bond donors (Lipinski definition) is 0. The zero-order chi connectivity index (χ0) is 11.7. The Morgan fingerprint density at radius 2 is 2.19 bits per heavy atom. The summed E-state index contributed by atoms with van der Waals surface area (Å²) in [6.07, 6.45) is 0.0667. The average Bonchev–Trinajstić information content (AvgIpc) is 2.60. The Morgan fingerprint density at radius 1 is 1.44 bits per heavy atom. The van der Waals surface area contributed by atoms with Crippen LogP contribution in [0.25, 0.3) is 10.1 Å². The van der Waals surface area contributed by atoms with Gasteiger partial charge in [0.05, 0.1) is 11.0 Å². The lowest BCUT2D eigenvalue weighted by molar-refractivity contribution is -0.384. The molecule has 0 atom stereocenters. The van der Waals surface area contributed by atoms with Crippen molar-refractivity contribution in [2.24, 2.45) is 0 Å². The minimum Gasteiger partial charge on any atom is -0.489 e. The van der Waals surface area contributed by atoms with Crippen LogP contribution in [0.1, 0.15) is 13.8 Å². The molecule has 0 fully saturated rings. The summed E-state index contributed by atoms with van der Waals surface area (Å²) in [5, 5.41) is 13.4. The Balaban J connectivity index is 2.51. The van der Waals surface area contributed by atoms with Gasteiger partial charge in [-0.1, -0.05) is 0 Å². The highest BCUT2D eigenvalue weighted by Crippen LogP contribution is 2.35. The van der Waals surface area contributed by atoms with Crippen LogP contribution < -0.4 is 4.74 Å². The second-order valence-corrected chi connectivity index (χ2v) is 4.62.